The third kappa shape index (κ3) is 7.12. The molecule has 3 aromatic rings. The van der Waals surface area contributed by atoms with Gasteiger partial charge in [0.15, 0.2) is 0 Å². The molecule has 32 heavy (non-hydrogen) atoms. The second kappa shape index (κ2) is 9.86. The Balaban J connectivity index is 1.95. The second-order valence-electron chi connectivity index (χ2n) is 7.77. The lowest BCUT2D eigenvalue weighted by molar-refractivity contribution is -0.274. The summed E-state index contributed by atoms with van der Waals surface area (Å²) in [5.74, 6) is 0.590. The fraction of sp³-hybridized carbons (Fsp3) is 0.304. The Kier molecular flexibility index (Phi) is 7.19. The van der Waals surface area contributed by atoms with Crippen molar-refractivity contribution in [2.45, 2.75) is 20.2 Å². The molecule has 0 bridgehead atoms. The number of hydrogen-bond acceptors (Lipinski definition) is 6. The summed E-state index contributed by atoms with van der Waals surface area (Å²) in [6.45, 7) is 5.38. The number of nitrogens with zero attached hydrogens (tertiary/aromatic N) is 3. The molecule has 6 nitrogen and oxygen atoms in total. The molecule has 0 aliphatic rings. The minimum Gasteiger partial charge on any atom is -0.406 e. The molecule has 0 spiro atoms. The van der Waals surface area contributed by atoms with Gasteiger partial charge in [0.25, 0.3) is 0 Å². The van der Waals surface area contributed by atoms with Crippen LogP contribution in [-0.2, 0) is 0 Å². The maximum absolute atomic E-state index is 12.6. The molecular weight excluding hydrogens is 419 g/mol. The van der Waals surface area contributed by atoms with Crippen molar-refractivity contribution in [3.63, 3.8) is 0 Å². The molecule has 0 aliphatic heterocycles. The smallest absolute Gasteiger partial charge is 0.406 e. The van der Waals surface area contributed by atoms with Crippen molar-refractivity contribution in [1.29, 1.82) is 0 Å². The van der Waals surface area contributed by atoms with Crippen LogP contribution in [0.1, 0.15) is 11.1 Å². The van der Waals surface area contributed by atoms with Crippen LogP contribution in [0, 0.1) is 13.8 Å². The van der Waals surface area contributed by atoms with Crippen molar-refractivity contribution in [3.8, 4) is 17.0 Å². The molecule has 0 aliphatic carbocycles. The van der Waals surface area contributed by atoms with Gasteiger partial charge in [-0.15, -0.1) is 13.2 Å². The van der Waals surface area contributed by atoms with Crippen molar-refractivity contribution in [1.82, 2.24) is 14.9 Å². The highest BCUT2D eigenvalue weighted by Gasteiger charge is 2.31. The van der Waals surface area contributed by atoms with Gasteiger partial charge in [-0.2, -0.15) is 4.98 Å². The molecule has 0 amide bonds. The van der Waals surface area contributed by atoms with Gasteiger partial charge in [-0.3, -0.25) is 0 Å². The number of nitrogens with one attached hydrogen (secondary N) is 2. The zero-order valence-electron chi connectivity index (χ0n) is 18.4. The van der Waals surface area contributed by atoms with E-state index in [1.807, 2.05) is 45.0 Å². The zero-order valence-corrected chi connectivity index (χ0v) is 18.4. The third-order valence-electron chi connectivity index (χ3n) is 4.43. The van der Waals surface area contributed by atoms with Gasteiger partial charge in [0.1, 0.15) is 11.6 Å². The summed E-state index contributed by atoms with van der Waals surface area (Å²) in [6.07, 6.45) is -4.76. The monoisotopic (exact) mass is 445 g/mol. The van der Waals surface area contributed by atoms with E-state index < -0.39 is 6.36 Å². The highest BCUT2D eigenvalue weighted by molar-refractivity contribution is 5.68. The van der Waals surface area contributed by atoms with Crippen LogP contribution < -0.4 is 15.4 Å². The molecule has 1 aromatic heterocycles. The second-order valence-corrected chi connectivity index (χ2v) is 7.77. The van der Waals surface area contributed by atoms with Crippen LogP contribution in [0.2, 0.25) is 0 Å². The van der Waals surface area contributed by atoms with Gasteiger partial charge in [0.05, 0.1) is 5.69 Å². The standard InChI is InChI=1S/C23H26F3N5O/c1-15-10-16(2)12-18(11-15)28-21-14-20(29-22(30-21)27-8-9-31(3)4)17-6-5-7-19(13-17)32-23(24,25)26/h5-7,10-14H,8-9H2,1-4H3,(H2,27,28,29,30). The minimum absolute atomic E-state index is 0.306. The summed E-state index contributed by atoms with van der Waals surface area (Å²) in [5, 5.41) is 6.45. The Morgan fingerprint density at radius 2 is 1.69 bits per heavy atom. The number of halogens is 3. The van der Waals surface area contributed by atoms with E-state index in [1.54, 1.807) is 12.1 Å². The van der Waals surface area contributed by atoms with Gasteiger partial charge in [0, 0.05) is 30.4 Å². The largest absolute Gasteiger partial charge is 0.573 e. The maximum atomic E-state index is 12.6. The molecule has 0 saturated carbocycles. The van der Waals surface area contributed by atoms with Crippen LogP contribution in [0.3, 0.4) is 0 Å². The summed E-state index contributed by atoms with van der Waals surface area (Å²) in [7, 11) is 3.91. The minimum atomic E-state index is -4.76. The first-order valence-corrected chi connectivity index (χ1v) is 10.1. The van der Waals surface area contributed by atoms with Gasteiger partial charge < -0.3 is 20.3 Å². The van der Waals surface area contributed by atoms with E-state index >= 15 is 0 Å². The predicted molar refractivity (Wildman–Crippen MR) is 120 cm³/mol. The first kappa shape index (κ1) is 23.3. The van der Waals surface area contributed by atoms with Gasteiger partial charge >= 0.3 is 6.36 Å². The number of aromatic nitrogens is 2. The molecular formula is C23H26F3N5O. The van der Waals surface area contributed by atoms with E-state index in [-0.39, 0.29) is 5.75 Å². The number of benzene rings is 2. The van der Waals surface area contributed by atoms with Gasteiger partial charge in [0.2, 0.25) is 5.95 Å². The molecule has 0 atom stereocenters. The van der Waals surface area contributed by atoms with Crippen molar-refractivity contribution in [2.24, 2.45) is 0 Å². The normalized spacial score (nSPS) is 11.5. The molecule has 170 valence electrons. The van der Waals surface area contributed by atoms with Crippen molar-refractivity contribution in [3.05, 3.63) is 59.7 Å². The molecule has 1 heterocycles. The summed E-state index contributed by atoms with van der Waals surface area (Å²) in [6, 6.07) is 13.5. The van der Waals surface area contributed by atoms with E-state index in [2.05, 4.69) is 31.4 Å². The Hall–Kier alpha value is -3.33. The van der Waals surface area contributed by atoms with E-state index in [0.717, 1.165) is 23.4 Å². The average molecular weight is 445 g/mol. The number of aryl methyl sites for hydroxylation is 2. The van der Waals surface area contributed by atoms with E-state index in [0.29, 0.717) is 29.6 Å². The molecule has 2 N–H and O–H groups in total. The number of hydrogen-bond donors (Lipinski definition) is 2. The van der Waals surface area contributed by atoms with Crippen LogP contribution in [0.5, 0.6) is 5.75 Å². The number of anilines is 3. The third-order valence-corrected chi connectivity index (χ3v) is 4.43. The van der Waals surface area contributed by atoms with Gasteiger partial charge in [-0.05, 0) is 63.3 Å². The Labute approximate surface area is 185 Å². The molecule has 3 rings (SSSR count). The van der Waals surface area contributed by atoms with Gasteiger partial charge in [-0.25, -0.2) is 4.98 Å². The molecule has 0 fully saturated rings. The van der Waals surface area contributed by atoms with E-state index in [4.69, 9.17) is 0 Å². The topological polar surface area (TPSA) is 62.3 Å². The first-order valence-electron chi connectivity index (χ1n) is 10.1. The Morgan fingerprint density at radius 1 is 0.969 bits per heavy atom. The fourth-order valence-electron chi connectivity index (χ4n) is 3.18. The Morgan fingerprint density at radius 3 is 2.34 bits per heavy atom. The Bertz CT molecular complexity index is 1050. The predicted octanol–water partition coefficient (Wildman–Crippen LogP) is 5.38. The van der Waals surface area contributed by atoms with Crippen LogP contribution in [0.4, 0.5) is 30.6 Å². The van der Waals surface area contributed by atoms with Crippen molar-refractivity contribution >= 4 is 17.5 Å². The summed E-state index contributed by atoms with van der Waals surface area (Å²) in [5.41, 5.74) is 4.01. The quantitative estimate of drug-likeness (QED) is 0.486. The number of rotatable bonds is 8. The maximum Gasteiger partial charge on any atom is 0.573 e. The average Bonchev–Trinajstić information content (AvgIpc) is 2.65. The molecule has 9 heteroatoms. The van der Waals surface area contributed by atoms with Crippen molar-refractivity contribution in [2.75, 3.05) is 37.8 Å². The summed E-state index contributed by atoms with van der Waals surface area (Å²) < 4.78 is 42.0. The molecule has 0 saturated heterocycles. The van der Waals surface area contributed by atoms with Crippen LogP contribution in [0.25, 0.3) is 11.3 Å². The number of ether oxygens (including phenoxy) is 1. The van der Waals surface area contributed by atoms with Gasteiger partial charge in [-0.1, -0.05) is 18.2 Å². The lowest BCUT2D eigenvalue weighted by atomic mass is 10.1. The van der Waals surface area contributed by atoms with Crippen molar-refractivity contribution < 1.29 is 17.9 Å². The van der Waals surface area contributed by atoms with Crippen LogP contribution in [0.15, 0.2) is 48.5 Å². The number of likely N-dealkylation sites (N-methyl/N-ethyl adjacent to an activating group) is 1. The SMILES string of the molecule is Cc1cc(C)cc(Nc2cc(-c3cccc(OC(F)(F)F)c3)nc(NCCN(C)C)n2)c1. The summed E-state index contributed by atoms with van der Waals surface area (Å²) >= 11 is 0. The fourth-order valence-corrected chi connectivity index (χ4v) is 3.18. The molecule has 2 aromatic carbocycles. The summed E-state index contributed by atoms with van der Waals surface area (Å²) in [4.78, 5) is 11.0. The zero-order chi connectivity index (χ0) is 23.3. The van der Waals surface area contributed by atoms with E-state index in [9.17, 15) is 13.2 Å². The molecule has 0 radical (unpaired) electrons. The molecule has 0 unspecified atom stereocenters. The highest BCUT2D eigenvalue weighted by atomic mass is 19.4. The highest BCUT2D eigenvalue weighted by Crippen LogP contribution is 2.29. The number of alkyl halides is 3. The first-order chi connectivity index (χ1) is 15.1. The lowest BCUT2D eigenvalue weighted by Crippen LogP contribution is -2.21. The van der Waals surface area contributed by atoms with Crippen LogP contribution in [-0.4, -0.2) is 48.4 Å². The lowest BCUT2D eigenvalue weighted by Gasteiger charge is -2.14. The van der Waals surface area contributed by atoms with E-state index in [1.165, 1.54) is 18.2 Å². The van der Waals surface area contributed by atoms with Crippen LogP contribution >= 0.6 is 0 Å².